The Hall–Kier alpha value is -3.00. The maximum Gasteiger partial charge on any atom is 0.292 e. The maximum atomic E-state index is 12.5. The minimum absolute atomic E-state index is 0.0291. The number of fused-ring (bicyclic) bond motifs is 1. The molecule has 2 heterocycles. The van der Waals surface area contributed by atoms with E-state index in [4.69, 9.17) is 0 Å². The highest BCUT2D eigenvalue weighted by Gasteiger charge is 2.28. The Bertz CT molecular complexity index is 978. The quantitative estimate of drug-likeness (QED) is 0.524. The van der Waals surface area contributed by atoms with Gasteiger partial charge in [-0.2, -0.15) is 0 Å². The molecule has 28 heavy (non-hydrogen) atoms. The summed E-state index contributed by atoms with van der Waals surface area (Å²) in [6.07, 6.45) is 1.36. The fraction of sp³-hybridized carbons (Fsp3) is 0.300. The van der Waals surface area contributed by atoms with Crippen LogP contribution in [0.5, 0.6) is 0 Å². The topological polar surface area (TPSA) is 88.4 Å². The van der Waals surface area contributed by atoms with Gasteiger partial charge in [-0.05, 0) is 31.0 Å². The molecule has 0 radical (unpaired) electrons. The molecule has 1 N–H and O–H groups in total. The van der Waals surface area contributed by atoms with Crippen LogP contribution >= 0.6 is 11.3 Å². The molecule has 0 bridgehead atoms. The van der Waals surface area contributed by atoms with Gasteiger partial charge in [0.25, 0.3) is 5.69 Å². The molecule has 1 aliphatic heterocycles. The molecule has 1 fully saturated rings. The lowest BCUT2D eigenvalue weighted by Gasteiger charge is -2.32. The lowest BCUT2D eigenvalue weighted by molar-refractivity contribution is -0.384. The van der Waals surface area contributed by atoms with E-state index < -0.39 is 0 Å². The van der Waals surface area contributed by atoms with E-state index in [0.29, 0.717) is 38.2 Å². The largest absolute Gasteiger partial charge is 0.366 e. The van der Waals surface area contributed by atoms with Gasteiger partial charge in [0.05, 0.1) is 21.7 Å². The van der Waals surface area contributed by atoms with Crippen molar-refractivity contribution < 1.29 is 9.72 Å². The van der Waals surface area contributed by atoms with Gasteiger partial charge >= 0.3 is 0 Å². The number of carbonyl (C=O) groups is 1. The number of amides is 1. The normalized spacial score (nSPS) is 14.9. The lowest BCUT2D eigenvalue weighted by Crippen LogP contribution is -2.40. The van der Waals surface area contributed by atoms with Gasteiger partial charge < -0.3 is 10.2 Å². The number of hydrogen-bond acceptors (Lipinski definition) is 6. The summed E-state index contributed by atoms with van der Waals surface area (Å²) < 4.78 is 1.12. The average molecular weight is 396 g/mol. The van der Waals surface area contributed by atoms with Gasteiger partial charge in [-0.3, -0.25) is 14.9 Å². The van der Waals surface area contributed by atoms with E-state index in [2.05, 4.69) is 10.3 Å². The fourth-order valence-corrected chi connectivity index (χ4v) is 4.48. The van der Waals surface area contributed by atoms with Gasteiger partial charge in [0.1, 0.15) is 10.7 Å². The molecule has 144 valence electrons. The van der Waals surface area contributed by atoms with Gasteiger partial charge in [-0.25, -0.2) is 4.98 Å². The number of aromatic nitrogens is 1. The smallest absolute Gasteiger partial charge is 0.292 e. The van der Waals surface area contributed by atoms with E-state index in [-0.39, 0.29) is 22.4 Å². The van der Waals surface area contributed by atoms with Gasteiger partial charge in [0.15, 0.2) is 0 Å². The fourth-order valence-electron chi connectivity index (χ4n) is 3.57. The number of piperidine rings is 1. The highest BCUT2D eigenvalue weighted by Crippen LogP contribution is 2.31. The van der Waals surface area contributed by atoms with E-state index in [1.54, 1.807) is 29.5 Å². The number of rotatable bonds is 5. The Morgan fingerprint density at radius 3 is 2.64 bits per heavy atom. The molecule has 8 heteroatoms. The minimum Gasteiger partial charge on any atom is -0.366 e. The van der Waals surface area contributed by atoms with Crippen LogP contribution in [-0.4, -0.2) is 28.9 Å². The summed E-state index contributed by atoms with van der Waals surface area (Å²) >= 11 is 1.59. The number of hydrogen-bond donors (Lipinski definition) is 1. The monoisotopic (exact) mass is 396 g/mol. The molecule has 4 rings (SSSR count). The van der Waals surface area contributed by atoms with Gasteiger partial charge in [-0.15, -0.1) is 11.3 Å². The summed E-state index contributed by atoms with van der Waals surface area (Å²) in [7, 11) is 0. The molecule has 7 nitrogen and oxygen atoms in total. The number of carbonyl (C=O) groups excluding carboxylic acids is 1. The third-order valence-electron chi connectivity index (χ3n) is 5.04. The third kappa shape index (κ3) is 3.82. The van der Waals surface area contributed by atoms with Crippen LogP contribution in [0, 0.1) is 16.0 Å². The molecule has 1 aromatic heterocycles. The zero-order chi connectivity index (χ0) is 19.5. The third-order valence-corrected chi connectivity index (χ3v) is 6.07. The first kappa shape index (κ1) is 18.4. The highest BCUT2D eigenvalue weighted by molar-refractivity contribution is 7.18. The molecule has 3 aromatic rings. The van der Waals surface area contributed by atoms with Crippen molar-refractivity contribution in [3.05, 3.63) is 63.7 Å². The Labute approximate surface area is 166 Å². The lowest BCUT2D eigenvalue weighted by atomic mass is 9.95. The number of para-hydroxylation sites is 3. The summed E-state index contributed by atoms with van der Waals surface area (Å²) in [4.78, 5) is 30.0. The van der Waals surface area contributed by atoms with E-state index in [9.17, 15) is 14.9 Å². The Kier molecular flexibility index (Phi) is 5.21. The summed E-state index contributed by atoms with van der Waals surface area (Å²) in [5.41, 5.74) is 1.69. The van der Waals surface area contributed by atoms with Crippen molar-refractivity contribution in [1.82, 2.24) is 10.3 Å². The number of thiazole rings is 1. The number of anilines is 1. The predicted molar refractivity (Wildman–Crippen MR) is 110 cm³/mol. The van der Waals surface area contributed by atoms with Crippen LogP contribution in [0.2, 0.25) is 0 Å². The molecule has 1 saturated heterocycles. The summed E-state index contributed by atoms with van der Waals surface area (Å²) in [6, 6.07) is 14.7. The van der Waals surface area contributed by atoms with Crippen molar-refractivity contribution in [1.29, 1.82) is 0 Å². The van der Waals surface area contributed by atoms with Crippen molar-refractivity contribution in [3.63, 3.8) is 0 Å². The van der Waals surface area contributed by atoms with Crippen molar-refractivity contribution >= 4 is 38.8 Å². The van der Waals surface area contributed by atoms with Crippen LogP contribution in [-0.2, 0) is 11.3 Å². The van der Waals surface area contributed by atoms with Crippen LogP contribution in [0.15, 0.2) is 48.5 Å². The number of nitrogens with one attached hydrogen (secondary N) is 1. The second-order valence-electron chi connectivity index (χ2n) is 6.80. The number of nitro benzene ring substituents is 1. The first-order valence-electron chi connectivity index (χ1n) is 9.22. The van der Waals surface area contributed by atoms with Crippen molar-refractivity contribution in [3.8, 4) is 0 Å². The average Bonchev–Trinajstić information content (AvgIpc) is 3.15. The first-order chi connectivity index (χ1) is 13.6. The van der Waals surface area contributed by atoms with E-state index in [1.807, 2.05) is 29.2 Å². The summed E-state index contributed by atoms with van der Waals surface area (Å²) in [5, 5.41) is 15.1. The Morgan fingerprint density at radius 2 is 1.89 bits per heavy atom. The van der Waals surface area contributed by atoms with Crippen molar-refractivity contribution in [2.24, 2.45) is 5.92 Å². The summed E-state index contributed by atoms with van der Waals surface area (Å²) in [6.45, 7) is 1.69. The zero-order valence-corrected chi connectivity index (χ0v) is 16.0. The standard InChI is InChI=1S/C20H20N4O3S/c25-20(21-13-19-22-15-5-1-4-8-18(15)28-19)14-9-11-23(12-10-14)16-6-2-3-7-17(16)24(26)27/h1-8,14H,9-13H2,(H,21,25). The van der Waals surface area contributed by atoms with Crippen molar-refractivity contribution in [2.75, 3.05) is 18.0 Å². The van der Waals surface area contributed by atoms with Gasteiger partial charge in [0.2, 0.25) is 5.91 Å². The van der Waals surface area contributed by atoms with Gasteiger partial charge in [0, 0.05) is 25.1 Å². The van der Waals surface area contributed by atoms with Crippen LogP contribution in [0.25, 0.3) is 10.2 Å². The van der Waals surface area contributed by atoms with Crippen LogP contribution in [0.3, 0.4) is 0 Å². The van der Waals surface area contributed by atoms with E-state index in [1.165, 1.54) is 6.07 Å². The molecular weight excluding hydrogens is 376 g/mol. The maximum absolute atomic E-state index is 12.5. The van der Waals surface area contributed by atoms with Crippen LogP contribution in [0.4, 0.5) is 11.4 Å². The molecular formula is C20H20N4O3S. The number of nitrogens with zero attached hydrogens (tertiary/aromatic N) is 3. The van der Waals surface area contributed by atoms with E-state index >= 15 is 0 Å². The Balaban J connectivity index is 1.33. The highest BCUT2D eigenvalue weighted by atomic mass is 32.1. The second kappa shape index (κ2) is 7.93. The Morgan fingerprint density at radius 1 is 1.18 bits per heavy atom. The van der Waals surface area contributed by atoms with E-state index in [0.717, 1.165) is 15.2 Å². The molecule has 0 saturated carbocycles. The SMILES string of the molecule is O=C(NCc1nc2ccccc2s1)C1CCN(c2ccccc2[N+](=O)[O-])CC1. The molecule has 0 unspecified atom stereocenters. The molecule has 0 spiro atoms. The van der Waals surface area contributed by atoms with Crippen LogP contribution in [0.1, 0.15) is 17.8 Å². The predicted octanol–water partition coefficient (Wildman–Crippen LogP) is 3.74. The zero-order valence-electron chi connectivity index (χ0n) is 15.2. The van der Waals surface area contributed by atoms with Gasteiger partial charge in [-0.1, -0.05) is 24.3 Å². The molecule has 1 aliphatic rings. The minimum atomic E-state index is -0.355. The molecule has 1 amide bonds. The molecule has 0 aliphatic carbocycles. The van der Waals surface area contributed by atoms with Crippen molar-refractivity contribution in [2.45, 2.75) is 19.4 Å². The second-order valence-corrected chi connectivity index (χ2v) is 7.92. The number of nitro groups is 1. The number of benzene rings is 2. The first-order valence-corrected chi connectivity index (χ1v) is 10.0. The molecule has 0 atom stereocenters. The molecule has 2 aromatic carbocycles. The summed E-state index contributed by atoms with van der Waals surface area (Å²) in [5.74, 6) is -0.0464. The van der Waals surface area contributed by atoms with Crippen LogP contribution < -0.4 is 10.2 Å².